The quantitative estimate of drug-likeness (QED) is 0.723. The van der Waals surface area contributed by atoms with Crippen LogP contribution in [-0.4, -0.2) is 47.1 Å². The van der Waals surface area contributed by atoms with E-state index in [4.69, 9.17) is 4.74 Å². The van der Waals surface area contributed by atoms with Crippen LogP contribution in [0, 0.1) is 0 Å². The summed E-state index contributed by atoms with van der Waals surface area (Å²) in [5, 5.41) is 0.546. The molecule has 3 nitrogen and oxygen atoms in total. The smallest absolute Gasteiger partial charge is 0.307 e. The Morgan fingerprint density at radius 3 is 2.71 bits per heavy atom. The van der Waals surface area contributed by atoms with E-state index in [1.54, 1.807) is 0 Å². The molecule has 0 radical (unpaired) electrons. The predicted octanol–water partition coefficient (Wildman–Crippen LogP) is 2.30. The van der Waals surface area contributed by atoms with Gasteiger partial charge in [0.2, 0.25) is 0 Å². The van der Waals surface area contributed by atoms with Crippen molar-refractivity contribution >= 4 is 17.7 Å². The van der Waals surface area contributed by atoms with E-state index in [9.17, 15) is 4.79 Å². The van der Waals surface area contributed by atoms with Gasteiger partial charge in [0, 0.05) is 10.8 Å². The minimum absolute atomic E-state index is 0.0197. The van der Waals surface area contributed by atoms with Crippen molar-refractivity contribution < 1.29 is 9.53 Å². The number of likely N-dealkylation sites (tertiary alicyclic amines) is 1. The molecule has 0 spiro atoms. The van der Waals surface area contributed by atoms with E-state index in [1.807, 2.05) is 18.7 Å². The van der Waals surface area contributed by atoms with Gasteiger partial charge in [0.1, 0.15) is 0 Å². The molecule has 2 unspecified atom stereocenters. The molecule has 2 aliphatic heterocycles. The molecule has 2 atom stereocenters. The summed E-state index contributed by atoms with van der Waals surface area (Å²) >= 11 is 2.00. The van der Waals surface area contributed by atoms with Crippen LogP contribution in [-0.2, 0) is 9.53 Å². The molecular weight excluding hydrogens is 234 g/mol. The van der Waals surface area contributed by atoms with Crippen LogP contribution in [0.1, 0.15) is 39.5 Å². The van der Waals surface area contributed by atoms with E-state index in [1.165, 1.54) is 18.6 Å². The lowest BCUT2D eigenvalue weighted by Crippen LogP contribution is -2.52. The Bertz CT molecular complexity index is 279. The lowest BCUT2D eigenvalue weighted by Gasteiger charge is -2.41. The molecule has 2 fully saturated rings. The van der Waals surface area contributed by atoms with E-state index >= 15 is 0 Å². The van der Waals surface area contributed by atoms with Crippen LogP contribution in [0.3, 0.4) is 0 Å². The Balaban J connectivity index is 2.09. The van der Waals surface area contributed by atoms with Crippen molar-refractivity contribution in [2.24, 2.45) is 0 Å². The molecule has 0 bridgehead atoms. The molecule has 0 aromatic heterocycles. The second-order valence-corrected chi connectivity index (χ2v) is 6.49. The summed E-state index contributed by atoms with van der Waals surface area (Å²) in [4.78, 5) is 14.4. The van der Waals surface area contributed by atoms with Gasteiger partial charge in [-0.3, -0.25) is 9.69 Å². The van der Waals surface area contributed by atoms with Gasteiger partial charge >= 0.3 is 5.97 Å². The topological polar surface area (TPSA) is 29.5 Å². The maximum Gasteiger partial charge on any atom is 0.307 e. The molecule has 0 amide bonds. The van der Waals surface area contributed by atoms with Crippen molar-refractivity contribution in [3.05, 3.63) is 0 Å². The first-order valence-corrected chi connectivity index (χ1v) is 7.76. The molecule has 2 heterocycles. The molecule has 17 heavy (non-hydrogen) atoms. The average molecular weight is 257 g/mol. The molecule has 0 saturated carbocycles. The number of hydrogen-bond donors (Lipinski definition) is 0. The van der Waals surface area contributed by atoms with Crippen LogP contribution in [0.2, 0.25) is 0 Å². The van der Waals surface area contributed by atoms with Gasteiger partial charge in [-0.15, -0.1) is 0 Å². The second kappa shape index (κ2) is 5.61. The number of thioether (sulfide) groups is 1. The third-order valence-electron chi connectivity index (χ3n) is 4.15. The Hall–Kier alpha value is -0.220. The summed E-state index contributed by atoms with van der Waals surface area (Å²) in [6.45, 7) is 6.97. The predicted molar refractivity (Wildman–Crippen MR) is 71.3 cm³/mol. The summed E-state index contributed by atoms with van der Waals surface area (Å²) in [7, 11) is 0. The highest BCUT2D eigenvalue weighted by molar-refractivity contribution is 8.00. The third-order valence-corrected chi connectivity index (χ3v) is 5.53. The monoisotopic (exact) mass is 257 g/mol. The van der Waals surface area contributed by atoms with E-state index < -0.39 is 0 Å². The van der Waals surface area contributed by atoms with E-state index in [0.29, 0.717) is 18.3 Å². The van der Waals surface area contributed by atoms with Gasteiger partial charge in [-0.1, -0.05) is 6.92 Å². The van der Waals surface area contributed by atoms with Gasteiger partial charge in [-0.05, 0) is 45.0 Å². The fourth-order valence-electron chi connectivity index (χ4n) is 3.15. The highest BCUT2D eigenvalue weighted by Gasteiger charge is 2.47. The molecule has 2 rings (SSSR count). The molecule has 2 aliphatic rings. The molecule has 2 saturated heterocycles. The summed E-state index contributed by atoms with van der Waals surface area (Å²) in [5.41, 5.74) is 0.0768. The maximum absolute atomic E-state index is 11.8. The minimum Gasteiger partial charge on any atom is -0.466 e. The molecule has 0 aromatic rings. The number of carbonyl (C=O) groups excluding carboxylic acids is 1. The number of ether oxygens (including phenoxy) is 1. The highest BCUT2D eigenvalue weighted by atomic mass is 32.2. The first kappa shape index (κ1) is 13.2. The third kappa shape index (κ3) is 2.63. The van der Waals surface area contributed by atoms with Crippen LogP contribution < -0.4 is 0 Å². The summed E-state index contributed by atoms with van der Waals surface area (Å²) in [5.74, 6) is 1.16. The van der Waals surface area contributed by atoms with E-state index in [2.05, 4.69) is 11.8 Å². The molecule has 0 aromatic carbocycles. The first-order valence-electron chi connectivity index (χ1n) is 6.71. The zero-order chi connectivity index (χ0) is 12.3. The van der Waals surface area contributed by atoms with Gasteiger partial charge in [0.05, 0.1) is 13.0 Å². The van der Waals surface area contributed by atoms with E-state index in [-0.39, 0.29) is 11.5 Å². The van der Waals surface area contributed by atoms with Crippen molar-refractivity contribution in [2.75, 3.05) is 25.4 Å². The zero-order valence-electron chi connectivity index (χ0n) is 10.9. The molecule has 4 heteroatoms. The summed E-state index contributed by atoms with van der Waals surface area (Å²) < 4.78 is 5.16. The Kier molecular flexibility index (Phi) is 4.36. The SMILES string of the molecule is CCOC(=O)CC1(N2CCCC2)CCSC1C. The fraction of sp³-hybridized carbons (Fsp3) is 0.923. The lowest BCUT2D eigenvalue weighted by molar-refractivity contribution is -0.146. The van der Waals surface area contributed by atoms with Crippen LogP contribution in [0.15, 0.2) is 0 Å². The summed E-state index contributed by atoms with van der Waals surface area (Å²) in [6, 6.07) is 0. The second-order valence-electron chi connectivity index (χ2n) is 5.04. The zero-order valence-corrected chi connectivity index (χ0v) is 11.7. The standard InChI is InChI=1S/C13H23NO2S/c1-3-16-12(15)10-13(6-9-17-11(13)2)14-7-4-5-8-14/h11H,3-10H2,1-2H3. The normalized spacial score (nSPS) is 34.1. The summed E-state index contributed by atoms with van der Waals surface area (Å²) in [6.07, 6.45) is 4.27. The van der Waals surface area contributed by atoms with Gasteiger partial charge in [0.15, 0.2) is 0 Å². The van der Waals surface area contributed by atoms with Crippen molar-refractivity contribution in [1.29, 1.82) is 0 Å². The number of nitrogens with zero attached hydrogens (tertiary/aromatic N) is 1. The van der Waals surface area contributed by atoms with Crippen molar-refractivity contribution in [3.63, 3.8) is 0 Å². The number of rotatable bonds is 4. The van der Waals surface area contributed by atoms with Crippen molar-refractivity contribution in [2.45, 2.75) is 50.3 Å². The average Bonchev–Trinajstić information content (AvgIpc) is 2.90. The number of esters is 1. The van der Waals surface area contributed by atoms with Gasteiger partial charge in [-0.25, -0.2) is 0 Å². The number of hydrogen-bond acceptors (Lipinski definition) is 4. The first-order chi connectivity index (χ1) is 8.19. The van der Waals surface area contributed by atoms with Gasteiger partial charge < -0.3 is 4.74 Å². The maximum atomic E-state index is 11.8. The minimum atomic E-state index is -0.0197. The largest absolute Gasteiger partial charge is 0.466 e. The Labute approximate surface area is 108 Å². The lowest BCUT2D eigenvalue weighted by atomic mass is 9.87. The number of carbonyl (C=O) groups is 1. The molecular formula is C13H23NO2S. The fourth-order valence-corrected chi connectivity index (χ4v) is 4.64. The van der Waals surface area contributed by atoms with Crippen LogP contribution in [0.25, 0.3) is 0 Å². The van der Waals surface area contributed by atoms with Crippen LogP contribution in [0.4, 0.5) is 0 Å². The van der Waals surface area contributed by atoms with Gasteiger partial charge in [-0.2, -0.15) is 11.8 Å². The van der Waals surface area contributed by atoms with Crippen LogP contribution in [0.5, 0.6) is 0 Å². The molecule has 0 aliphatic carbocycles. The Morgan fingerprint density at radius 2 is 2.18 bits per heavy atom. The van der Waals surface area contributed by atoms with Crippen LogP contribution >= 0.6 is 11.8 Å². The molecule has 0 N–H and O–H groups in total. The van der Waals surface area contributed by atoms with Gasteiger partial charge in [0.25, 0.3) is 0 Å². The van der Waals surface area contributed by atoms with Crippen molar-refractivity contribution in [1.82, 2.24) is 4.90 Å². The Morgan fingerprint density at radius 1 is 1.47 bits per heavy atom. The van der Waals surface area contributed by atoms with E-state index in [0.717, 1.165) is 19.5 Å². The molecule has 98 valence electrons. The van der Waals surface area contributed by atoms with Crippen molar-refractivity contribution in [3.8, 4) is 0 Å². The highest BCUT2D eigenvalue weighted by Crippen LogP contribution is 2.44.